The van der Waals surface area contributed by atoms with Gasteiger partial charge in [0, 0.05) is 45.6 Å². The van der Waals surface area contributed by atoms with Gasteiger partial charge in [-0.3, -0.25) is 24.0 Å². The summed E-state index contributed by atoms with van der Waals surface area (Å²) in [6.07, 6.45) is 39.6. The molecule has 1 aliphatic rings. The van der Waals surface area contributed by atoms with E-state index in [1.54, 1.807) is 0 Å². The molecule has 1 rings (SSSR count). The van der Waals surface area contributed by atoms with Crippen LogP contribution in [0.15, 0.2) is 24.3 Å². The number of nitrogens with one attached hydrogen (secondary N) is 1. The zero-order chi connectivity index (χ0) is 62.8. The number of esters is 5. The number of hydrogen-bond acceptors (Lipinski definition) is 15. The summed E-state index contributed by atoms with van der Waals surface area (Å²) >= 11 is 0. The zero-order valence-corrected chi connectivity index (χ0v) is 55.6. The van der Waals surface area contributed by atoms with Gasteiger partial charge in [-0.05, 0) is 129 Å². The first-order valence-electron chi connectivity index (χ1n) is 34.9. The first-order chi connectivity index (χ1) is 42.0. The summed E-state index contributed by atoms with van der Waals surface area (Å²) in [5, 5.41) is 2.82. The van der Waals surface area contributed by atoms with Crippen LogP contribution < -0.4 is 5.32 Å². The largest absolute Gasteiger partial charge is 0.465 e. The molecule has 0 radical (unpaired) electrons. The summed E-state index contributed by atoms with van der Waals surface area (Å²) in [7, 11) is 0. The fourth-order valence-electron chi connectivity index (χ4n) is 10.3. The van der Waals surface area contributed by atoms with Crippen molar-refractivity contribution in [1.82, 2.24) is 10.2 Å². The fraction of sp³-hybridized carbons (Fsp3) is 0.857. The fourth-order valence-corrected chi connectivity index (χ4v) is 10.3. The topological polar surface area (TPSA) is 192 Å². The lowest BCUT2D eigenvalue weighted by molar-refractivity contribution is -0.169. The molecule has 1 N–H and O–H groups in total. The van der Waals surface area contributed by atoms with E-state index in [0.717, 1.165) is 193 Å². The van der Waals surface area contributed by atoms with Gasteiger partial charge >= 0.3 is 35.9 Å². The molecule has 16 nitrogen and oxygen atoms in total. The summed E-state index contributed by atoms with van der Waals surface area (Å²) in [4.78, 5) is 82.3. The van der Waals surface area contributed by atoms with Crippen LogP contribution in [-0.4, -0.2) is 126 Å². The normalized spacial score (nSPS) is 14.1. The van der Waals surface area contributed by atoms with E-state index in [1.807, 2.05) is 0 Å². The molecule has 1 fully saturated rings. The highest BCUT2D eigenvalue weighted by Gasteiger charge is 2.38. The molecule has 0 aromatic rings. The average Bonchev–Trinajstić information content (AvgIpc) is 3.88. The van der Waals surface area contributed by atoms with Gasteiger partial charge in [-0.1, -0.05) is 169 Å². The lowest BCUT2D eigenvalue weighted by Gasteiger charge is -2.31. The standard InChI is InChI=1S/C70H126N2O14/c1-7-13-19-23-27-37-53-79-66(80-54-38-28-24-20-14-8-2)48-47-65(75)85-59-70(60-86-69(78)71-49-52-72-50-35-36-51-72,57-83-63(73)45-33-25-29-39-55-81-67(76)61(41-17-11-5)43-31-21-15-9-3)58-84-64(74)46-34-26-30-40-56-82-68(77)62(42-18-12-6)44-32-22-16-10-4/h13-14,19-20,61-62,66H,7-12,15-18,21-60H2,1-6H3,(H,71,78)/b19-13-,20-14-. The van der Waals surface area contributed by atoms with E-state index in [0.29, 0.717) is 65.2 Å². The third kappa shape index (κ3) is 46.1. The lowest BCUT2D eigenvalue weighted by atomic mass is 9.92. The number of carbonyl (C=O) groups is 6. The summed E-state index contributed by atoms with van der Waals surface area (Å²) in [6, 6.07) is 0. The maximum Gasteiger partial charge on any atom is 0.407 e. The van der Waals surface area contributed by atoms with E-state index in [1.165, 1.54) is 12.8 Å². The summed E-state index contributed by atoms with van der Waals surface area (Å²) in [5.74, 6) is -1.87. The molecule has 2 unspecified atom stereocenters. The molecule has 0 aromatic carbocycles. The van der Waals surface area contributed by atoms with Crippen molar-refractivity contribution >= 4 is 35.9 Å². The second-order valence-electron chi connectivity index (χ2n) is 24.0. The highest BCUT2D eigenvalue weighted by molar-refractivity contribution is 5.73. The predicted molar refractivity (Wildman–Crippen MR) is 343 cm³/mol. The van der Waals surface area contributed by atoms with Crippen molar-refractivity contribution in [1.29, 1.82) is 0 Å². The molecule has 86 heavy (non-hydrogen) atoms. The minimum atomic E-state index is -1.44. The minimum Gasteiger partial charge on any atom is -0.465 e. The van der Waals surface area contributed by atoms with Crippen LogP contribution in [-0.2, 0) is 61.9 Å². The number of ether oxygens (including phenoxy) is 8. The Kier molecular flexibility index (Phi) is 53.4. The number of alkyl carbamates (subject to hydrolysis) is 1. The van der Waals surface area contributed by atoms with Gasteiger partial charge in [-0.15, -0.1) is 0 Å². The second-order valence-corrected chi connectivity index (χ2v) is 24.0. The molecule has 0 aliphatic carbocycles. The Hall–Kier alpha value is -4.02. The second kappa shape index (κ2) is 57.4. The van der Waals surface area contributed by atoms with Crippen molar-refractivity contribution in [3.05, 3.63) is 24.3 Å². The molecule has 500 valence electrons. The van der Waals surface area contributed by atoms with Crippen molar-refractivity contribution in [2.75, 3.05) is 79.0 Å². The molecule has 1 amide bonds. The van der Waals surface area contributed by atoms with Crippen LogP contribution in [0.2, 0.25) is 0 Å². The van der Waals surface area contributed by atoms with Gasteiger partial charge in [0.05, 0.1) is 31.5 Å². The molecule has 0 saturated carbocycles. The highest BCUT2D eigenvalue weighted by Crippen LogP contribution is 2.25. The Balaban J connectivity index is 3.15. The number of hydrogen-bond donors (Lipinski definition) is 1. The van der Waals surface area contributed by atoms with Crippen LogP contribution >= 0.6 is 0 Å². The first-order valence-corrected chi connectivity index (χ1v) is 34.9. The van der Waals surface area contributed by atoms with Gasteiger partial charge in [0.2, 0.25) is 0 Å². The minimum absolute atomic E-state index is 0.0357. The smallest absolute Gasteiger partial charge is 0.407 e. The highest BCUT2D eigenvalue weighted by atomic mass is 16.7. The van der Waals surface area contributed by atoms with Crippen LogP contribution in [0, 0.1) is 17.3 Å². The summed E-state index contributed by atoms with van der Waals surface area (Å²) in [6.45, 7) is 16.0. The van der Waals surface area contributed by atoms with Crippen molar-refractivity contribution in [3.8, 4) is 0 Å². The molecule has 0 aromatic heterocycles. The van der Waals surface area contributed by atoms with Crippen molar-refractivity contribution < 1.29 is 66.7 Å². The number of rotatable bonds is 60. The van der Waals surface area contributed by atoms with Crippen molar-refractivity contribution in [3.63, 3.8) is 0 Å². The number of carbonyl (C=O) groups excluding carboxylic acids is 6. The molecule has 0 bridgehead atoms. The first kappa shape index (κ1) is 80.0. The number of allylic oxidation sites excluding steroid dienone is 4. The molecular weight excluding hydrogens is 1090 g/mol. The summed E-state index contributed by atoms with van der Waals surface area (Å²) in [5.41, 5.74) is -1.44. The van der Waals surface area contributed by atoms with Gasteiger partial charge in [0.25, 0.3) is 0 Å². The van der Waals surface area contributed by atoms with Gasteiger partial charge in [0.1, 0.15) is 31.8 Å². The Morgan fingerprint density at radius 3 is 1.28 bits per heavy atom. The molecule has 1 saturated heterocycles. The van der Waals surface area contributed by atoms with E-state index >= 15 is 0 Å². The Labute approximate surface area is 523 Å². The molecular formula is C70H126N2O14. The van der Waals surface area contributed by atoms with E-state index in [-0.39, 0.29) is 75.9 Å². The number of amides is 1. The Bertz CT molecular complexity index is 1650. The zero-order valence-electron chi connectivity index (χ0n) is 55.6. The average molecular weight is 1220 g/mol. The lowest BCUT2D eigenvalue weighted by Crippen LogP contribution is -2.45. The molecule has 1 aliphatic heterocycles. The van der Waals surface area contributed by atoms with Crippen LogP contribution in [0.3, 0.4) is 0 Å². The van der Waals surface area contributed by atoms with Gasteiger partial charge in [0.15, 0.2) is 6.29 Å². The van der Waals surface area contributed by atoms with Gasteiger partial charge in [-0.25, -0.2) is 4.79 Å². The maximum absolute atomic E-state index is 13.7. The van der Waals surface area contributed by atoms with Crippen LogP contribution in [0.1, 0.15) is 286 Å². The summed E-state index contributed by atoms with van der Waals surface area (Å²) < 4.78 is 47.4. The van der Waals surface area contributed by atoms with Crippen LogP contribution in [0.25, 0.3) is 0 Å². The van der Waals surface area contributed by atoms with Crippen LogP contribution in [0.5, 0.6) is 0 Å². The predicted octanol–water partition coefficient (Wildman–Crippen LogP) is 16.4. The molecule has 1 heterocycles. The Morgan fingerprint density at radius 2 is 0.826 bits per heavy atom. The monoisotopic (exact) mass is 1220 g/mol. The van der Waals surface area contributed by atoms with Gasteiger partial charge < -0.3 is 48.1 Å². The Morgan fingerprint density at radius 1 is 0.419 bits per heavy atom. The van der Waals surface area contributed by atoms with Crippen molar-refractivity contribution in [2.24, 2.45) is 17.3 Å². The van der Waals surface area contributed by atoms with Gasteiger partial charge in [-0.2, -0.15) is 0 Å². The number of likely N-dealkylation sites (tertiary alicyclic amines) is 1. The maximum atomic E-state index is 13.7. The number of unbranched alkanes of at least 4 members (excludes halogenated alkanes) is 18. The van der Waals surface area contributed by atoms with E-state index in [4.69, 9.17) is 37.9 Å². The third-order valence-electron chi connectivity index (χ3n) is 15.9. The van der Waals surface area contributed by atoms with E-state index in [2.05, 4.69) is 76.1 Å². The number of nitrogens with zero attached hydrogens (tertiary/aromatic N) is 1. The van der Waals surface area contributed by atoms with Crippen LogP contribution in [0.4, 0.5) is 4.79 Å². The molecule has 0 spiro atoms. The van der Waals surface area contributed by atoms with E-state index in [9.17, 15) is 28.8 Å². The quantitative estimate of drug-likeness (QED) is 0.0199. The molecule has 2 atom stereocenters. The SMILES string of the molecule is CC/C=C\CCCCOC(CCC(=O)OCC(COC(=O)CCCCCCOC(=O)C(CCCC)CCCCCC)(COC(=O)CCCCCCOC(=O)C(CCCC)CCCCCC)COC(=O)NCCN1CCCC1)OCCCC/C=C\CC. The third-order valence-corrected chi connectivity index (χ3v) is 15.9. The van der Waals surface area contributed by atoms with Crippen molar-refractivity contribution in [2.45, 2.75) is 292 Å². The molecule has 16 heteroatoms. The van der Waals surface area contributed by atoms with E-state index < -0.39 is 35.7 Å².